The van der Waals surface area contributed by atoms with Crippen LogP contribution in [0.1, 0.15) is 11.1 Å². The molecule has 2 aromatic rings. The van der Waals surface area contributed by atoms with E-state index < -0.39 is 5.97 Å². The average molecular weight is 379 g/mol. The standard InChI is InChI=1S/C18H10Cl3NO2/c19-13(8-11-4-2-1-3-5-11)10-16-18(23)24-17(22-16)12-6-7-14(20)15(21)9-12/h1-10H. The lowest BCUT2D eigenvalue weighted by atomic mass is 10.2. The number of benzene rings is 2. The number of esters is 1. The third-order valence-electron chi connectivity index (χ3n) is 3.17. The van der Waals surface area contributed by atoms with Crippen molar-refractivity contribution >= 4 is 52.7 Å². The van der Waals surface area contributed by atoms with E-state index in [0.29, 0.717) is 20.6 Å². The van der Waals surface area contributed by atoms with E-state index in [0.717, 1.165) is 5.56 Å². The molecule has 0 saturated heterocycles. The Balaban J connectivity index is 1.88. The molecule has 24 heavy (non-hydrogen) atoms. The van der Waals surface area contributed by atoms with Crippen molar-refractivity contribution in [2.75, 3.05) is 0 Å². The maximum atomic E-state index is 11.9. The normalized spacial score (nSPS) is 16.3. The van der Waals surface area contributed by atoms with Crippen LogP contribution in [0.5, 0.6) is 0 Å². The Bertz CT molecular complexity index is 886. The van der Waals surface area contributed by atoms with E-state index in [1.54, 1.807) is 24.3 Å². The zero-order chi connectivity index (χ0) is 17.1. The first-order valence-corrected chi connectivity index (χ1v) is 8.06. The van der Waals surface area contributed by atoms with Gasteiger partial charge in [0.2, 0.25) is 5.90 Å². The molecule has 0 atom stereocenters. The largest absolute Gasteiger partial charge is 0.402 e. The second-order valence-electron chi connectivity index (χ2n) is 4.90. The molecule has 0 radical (unpaired) electrons. The number of hydrogen-bond donors (Lipinski definition) is 0. The predicted octanol–water partition coefficient (Wildman–Crippen LogP) is 5.46. The Morgan fingerprint density at radius 1 is 1.04 bits per heavy atom. The van der Waals surface area contributed by atoms with E-state index in [4.69, 9.17) is 39.5 Å². The number of ether oxygens (including phenoxy) is 1. The van der Waals surface area contributed by atoms with Crippen LogP contribution in [0.15, 0.2) is 70.3 Å². The van der Waals surface area contributed by atoms with Crippen LogP contribution in [0.3, 0.4) is 0 Å². The summed E-state index contributed by atoms with van der Waals surface area (Å²) in [6.45, 7) is 0. The molecule has 0 saturated carbocycles. The maximum absolute atomic E-state index is 11.9. The van der Waals surface area contributed by atoms with Gasteiger partial charge in [-0.25, -0.2) is 9.79 Å². The van der Waals surface area contributed by atoms with E-state index in [2.05, 4.69) is 4.99 Å². The van der Waals surface area contributed by atoms with Gasteiger partial charge in [0.05, 0.1) is 10.0 Å². The van der Waals surface area contributed by atoms with Crippen molar-refractivity contribution in [1.82, 2.24) is 0 Å². The van der Waals surface area contributed by atoms with Gasteiger partial charge in [-0.05, 0) is 35.9 Å². The minimum Gasteiger partial charge on any atom is -0.402 e. The fourth-order valence-electron chi connectivity index (χ4n) is 2.04. The van der Waals surface area contributed by atoms with Gasteiger partial charge in [-0.15, -0.1) is 0 Å². The molecule has 3 rings (SSSR count). The topological polar surface area (TPSA) is 38.7 Å². The van der Waals surface area contributed by atoms with Crippen LogP contribution in [0.4, 0.5) is 0 Å². The lowest BCUT2D eigenvalue weighted by Crippen LogP contribution is -2.05. The number of carbonyl (C=O) groups is 1. The first-order chi connectivity index (χ1) is 11.5. The third kappa shape index (κ3) is 3.88. The highest BCUT2D eigenvalue weighted by Crippen LogP contribution is 2.26. The predicted molar refractivity (Wildman–Crippen MR) is 97.4 cm³/mol. The molecule has 1 heterocycles. The molecule has 0 bridgehead atoms. The highest BCUT2D eigenvalue weighted by molar-refractivity contribution is 6.42. The average Bonchev–Trinajstić information content (AvgIpc) is 2.92. The van der Waals surface area contributed by atoms with Crippen molar-refractivity contribution in [3.63, 3.8) is 0 Å². The summed E-state index contributed by atoms with van der Waals surface area (Å²) in [4.78, 5) is 16.1. The number of allylic oxidation sites excluding steroid dienone is 2. The van der Waals surface area contributed by atoms with Crippen LogP contribution in [-0.4, -0.2) is 11.9 Å². The summed E-state index contributed by atoms with van der Waals surface area (Å²) in [5, 5.41) is 1.13. The zero-order valence-corrected chi connectivity index (χ0v) is 14.4. The number of hydrogen-bond acceptors (Lipinski definition) is 3. The summed E-state index contributed by atoms with van der Waals surface area (Å²) in [6.07, 6.45) is 3.19. The highest BCUT2D eigenvalue weighted by atomic mass is 35.5. The van der Waals surface area contributed by atoms with Crippen molar-refractivity contribution < 1.29 is 9.53 Å². The molecule has 0 aromatic heterocycles. The first kappa shape index (κ1) is 16.8. The molecule has 0 aliphatic carbocycles. The van der Waals surface area contributed by atoms with Gasteiger partial charge in [0.1, 0.15) is 0 Å². The monoisotopic (exact) mass is 377 g/mol. The second kappa shape index (κ2) is 7.22. The Hall–Kier alpha value is -2.07. The van der Waals surface area contributed by atoms with Gasteiger partial charge < -0.3 is 4.74 Å². The Morgan fingerprint density at radius 3 is 2.50 bits per heavy atom. The van der Waals surface area contributed by atoms with Crippen LogP contribution in [0, 0.1) is 0 Å². The zero-order valence-electron chi connectivity index (χ0n) is 12.2. The van der Waals surface area contributed by atoms with Crippen molar-refractivity contribution in [3.8, 4) is 0 Å². The fourth-order valence-corrected chi connectivity index (χ4v) is 2.57. The minimum absolute atomic E-state index is 0.119. The Morgan fingerprint density at radius 2 is 1.79 bits per heavy atom. The molecule has 0 unspecified atom stereocenters. The summed E-state index contributed by atoms with van der Waals surface area (Å²) in [7, 11) is 0. The van der Waals surface area contributed by atoms with Crippen molar-refractivity contribution in [1.29, 1.82) is 0 Å². The SMILES string of the molecule is O=C1OC(c2ccc(Cl)c(Cl)c2)=NC1=CC(Cl)=Cc1ccccc1. The van der Waals surface area contributed by atoms with Gasteiger partial charge in [-0.3, -0.25) is 0 Å². The van der Waals surface area contributed by atoms with E-state index in [1.165, 1.54) is 6.08 Å². The molecule has 1 aliphatic rings. The van der Waals surface area contributed by atoms with Gasteiger partial charge in [-0.2, -0.15) is 0 Å². The number of rotatable bonds is 3. The highest BCUT2D eigenvalue weighted by Gasteiger charge is 2.24. The summed E-state index contributed by atoms with van der Waals surface area (Å²) in [5.74, 6) is -0.412. The number of aliphatic imine (C=N–C) groups is 1. The molecule has 6 heteroatoms. The van der Waals surface area contributed by atoms with Gasteiger partial charge in [0.15, 0.2) is 5.70 Å². The van der Waals surface area contributed by atoms with E-state index in [-0.39, 0.29) is 11.6 Å². The van der Waals surface area contributed by atoms with Crippen LogP contribution in [0.25, 0.3) is 6.08 Å². The number of halogens is 3. The third-order valence-corrected chi connectivity index (χ3v) is 4.12. The molecule has 2 aromatic carbocycles. The second-order valence-corrected chi connectivity index (χ2v) is 6.16. The molecule has 1 aliphatic heterocycles. The van der Waals surface area contributed by atoms with E-state index in [9.17, 15) is 4.79 Å². The summed E-state index contributed by atoms with van der Waals surface area (Å²) in [6, 6.07) is 14.4. The maximum Gasteiger partial charge on any atom is 0.363 e. The van der Waals surface area contributed by atoms with Gasteiger partial charge in [0, 0.05) is 10.6 Å². The number of nitrogens with zero attached hydrogens (tertiary/aromatic N) is 1. The van der Waals surface area contributed by atoms with Crippen LogP contribution >= 0.6 is 34.8 Å². The summed E-state index contributed by atoms with van der Waals surface area (Å²) < 4.78 is 5.16. The van der Waals surface area contributed by atoms with E-state index >= 15 is 0 Å². The van der Waals surface area contributed by atoms with Gasteiger partial charge in [0.25, 0.3) is 0 Å². The van der Waals surface area contributed by atoms with Crippen molar-refractivity contribution in [3.05, 3.63) is 86.5 Å². The summed E-state index contributed by atoms with van der Waals surface area (Å²) >= 11 is 18.0. The quantitative estimate of drug-likeness (QED) is 0.525. The Labute approximate surface area is 153 Å². The van der Waals surface area contributed by atoms with Crippen molar-refractivity contribution in [2.45, 2.75) is 0 Å². The van der Waals surface area contributed by atoms with Crippen LogP contribution < -0.4 is 0 Å². The van der Waals surface area contributed by atoms with Crippen LogP contribution in [0.2, 0.25) is 10.0 Å². The molecule has 120 valence electrons. The molecule has 0 N–H and O–H groups in total. The van der Waals surface area contributed by atoms with Gasteiger partial charge in [-0.1, -0.05) is 65.1 Å². The smallest absolute Gasteiger partial charge is 0.363 e. The van der Waals surface area contributed by atoms with Crippen molar-refractivity contribution in [2.24, 2.45) is 4.99 Å². The Kier molecular flexibility index (Phi) is 5.05. The summed E-state index contributed by atoms with van der Waals surface area (Å²) in [5.41, 5.74) is 1.59. The first-order valence-electron chi connectivity index (χ1n) is 6.93. The molecular weight excluding hydrogens is 369 g/mol. The number of cyclic esters (lactones) is 1. The van der Waals surface area contributed by atoms with Gasteiger partial charge >= 0.3 is 5.97 Å². The molecule has 0 spiro atoms. The lowest BCUT2D eigenvalue weighted by Gasteiger charge is -2.01. The fraction of sp³-hybridized carbons (Fsp3) is 0. The molecular formula is C18H10Cl3NO2. The minimum atomic E-state index is -0.573. The number of carbonyl (C=O) groups excluding carboxylic acids is 1. The van der Waals surface area contributed by atoms with E-state index in [1.807, 2.05) is 30.3 Å². The van der Waals surface area contributed by atoms with Crippen LogP contribution in [-0.2, 0) is 9.53 Å². The molecule has 0 amide bonds. The lowest BCUT2D eigenvalue weighted by molar-refractivity contribution is -0.130. The molecule has 3 nitrogen and oxygen atoms in total. The molecule has 0 fully saturated rings.